The highest BCUT2D eigenvalue weighted by molar-refractivity contribution is 6.63. The van der Waals surface area contributed by atoms with Crippen molar-refractivity contribution in [2.24, 2.45) is 0 Å². The minimum absolute atomic E-state index is 0.521. The van der Waals surface area contributed by atoms with Crippen molar-refractivity contribution in [1.82, 2.24) is 0 Å². The van der Waals surface area contributed by atoms with E-state index in [-0.39, 0.29) is 0 Å². The minimum atomic E-state index is 0.521. The number of rotatable bonds is 0. The summed E-state index contributed by atoms with van der Waals surface area (Å²) in [5.41, 5.74) is 5.11. The molecule has 0 aliphatic carbocycles. The highest BCUT2D eigenvalue weighted by atomic mass is 14.3. The van der Waals surface area contributed by atoms with Crippen molar-refractivity contribution in [2.45, 2.75) is 0 Å². The molecule has 0 N–H and O–H groups in total. The first-order valence-corrected chi connectivity index (χ1v) is 4.45. The highest BCUT2D eigenvalue weighted by Crippen LogP contribution is 1.96. The van der Waals surface area contributed by atoms with Gasteiger partial charge in [0.15, 0.2) is 0 Å². The molecule has 1 aromatic rings. The van der Waals surface area contributed by atoms with Crippen LogP contribution in [0.4, 0.5) is 0 Å². The third kappa shape index (κ3) is 1.34. The molecule has 0 aliphatic rings. The van der Waals surface area contributed by atoms with E-state index in [1.165, 1.54) is 0 Å². The van der Waals surface area contributed by atoms with Crippen LogP contribution in [-0.2, 0) is 0 Å². The fourth-order valence-corrected chi connectivity index (χ4v) is 1.59. The Kier molecular flexibility index (Phi) is 2.77. The lowest BCUT2D eigenvalue weighted by Crippen LogP contribution is -2.50. The Bertz CT molecular complexity index is 437. The molecule has 0 fully saturated rings. The van der Waals surface area contributed by atoms with Crippen LogP contribution >= 0.6 is 0 Å². The lowest BCUT2D eigenvalue weighted by atomic mass is 9.63. The van der Waals surface area contributed by atoms with E-state index in [9.17, 15) is 0 Å². The molecule has 0 saturated carbocycles. The van der Waals surface area contributed by atoms with Crippen LogP contribution in [-0.4, -0.2) is 31.4 Å². The molecule has 0 heterocycles. The van der Waals surface area contributed by atoms with Crippen molar-refractivity contribution in [3.8, 4) is 12.1 Å². The van der Waals surface area contributed by atoms with Gasteiger partial charge in [-0.15, -0.1) is 10.9 Å². The van der Waals surface area contributed by atoms with Crippen LogP contribution in [0, 0.1) is 22.7 Å². The van der Waals surface area contributed by atoms with Crippen LogP contribution in [0.1, 0.15) is 11.1 Å². The van der Waals surface area contributed by atoms with Gasteiger partial charge in [-0.25, -0.2) is 0 Å². The van der Waals surface area contributed by atoms with Gasteiger partial charge in [0, 0.05) is 0 Å². The number of nitrogens with zero attached hydrogens (tertiary/aromatic N) is 2. The fourth-order valence-electron chi connectivity index (χ4n) is 1.59. The molecule has 0 saturated heterocycles. The molecule has 0 unspecified atom stereocenters. The van der Waals surface area contributed by atoms with E-state index >= 15 is 0 Å². The van der Waals surface area contributed by atoms with E-state index in [2.05, 4.69) is 12.1 Å². The average molecular weight is 175 g/mol. The van der Waals surface area contributed by atoms with Gasteiger partial charge >= 0.3 is 0 Å². The van der Waals surface area contributed by atoms with Crippen LogP contribution in [0.5, 0.6) is 0 Å². The molecule has 6 heteroatoms. The summed E-state index contributed by atoms with van der Waals surface area (Å²) in [7, 11) is 7.75. The first-order valence-electron chi connectivity index (χ1n) is 4.45. The molecular formula is C8H8B4N2. The van der Waals surface area contributed by atoms with Crippen LogP contribution in [0.25, 0.3) is 0 Å². The Morgan fingerprint density at radius 2 is 0.929 bits per heavy atom. The Morgan fingerprint density at radius 3 is 1.14 bits per heavy atom. The highest BCUT2D eigenvalue weighted by Gasteiger charge is 2.13. The predicted octanol–water partition coefficient (Wildman–Crippen LogP) is -5.54. The molecule has 1 aromatic carbocycles. The van der Waals surface area contributed by atoms with Gasteiger partial charge in [-0.3, -0.25) is 0 Å². The zero-order valence-electron chi connectivity index (χ0n) is 8.89. The van der Waals surface area contributed by atoms with E-state index in [4.69, 9.17) is 10.5 Å². The van der Waals surface area contributed by atoms with Gasteiger partial charge < -0.3 is 0 Å². The van der Waals surface area contributed by atoms with Gasteiger partial charge in [-0.1, -0.05) is 10.9 Å². The van der Waals surface area contributed by atoms with E-state index < -0.39 is 0 Å². The van der Waals surface area contributed by atoms with Gasteiger partial charge in [0.2, 0.25) is 0 Å². The van der Waals surface area contributed by atoms with E-state index in [0.717, 1.165) is 21.9 Å². The zero-order chi connectivity index (χ0) is 10.9. The molecule has 0 bridgehead atoms. The van der Waals surface area contributed by atoms with Crippen LogP contribution in [0.15, 0.2) is 0 Å². The maximum atomic E-state index is 8.97. The Hall–Kier alpha value is -1.54. The van der Waals surface area contributed by atoms with Crippen molar-refractivity contribution in [2.75, 3.05) is 0 Å². The molecular weight excluding hydrogens is 167 g/mol. The van der Waals surface area contributed by atoms with Gasteiger partial charge in [-0.05, 0) is 0 Å². The van der Waals surface area contributed by atoms with E-state index in [1.54, 1.807) is 0 Å². The Balaban J connectivity index is 3.79. The van der Waals surface area contributed by atoms with Crippen LogP contribution < -0.4 is 21.9 Å². The summed E-state index contributed by atoms with van der Waals surface area (Å²) in [6.07, 6.45) is 0. The Morgan fingerprint density at radius 1 is 0.643 bits per heavy atom. The van der Waals surface area contributed by atoms with Crippen molar-refractivity contribution < 1.29 is 0 Å². The van der Waals surface area contributed by atoms with Gasteiger partial charge in [-0.2, -0.15) is 10.5 Å². The third-order valence-electron chi connectivity index (χ3n) is 2.91. The SMILES string of the molecule is Bc1c(B)c(B)c(C#N)c(C#N)c1B. The second kappa shape index (κ2) is 3.68. The summed E-state index contributed by atoms with van der Waals surface area (Å²) in [5, 5.41) is 17.9. The number of nitriles is 2. The van der Waals surface area contributed by atoms with Gasteiger partial charge in [0.05, 0.1) is 23.3 Å². The second-order valence-electron chi connectivity index (χ2n) is 3.47. The predicted molar refractivity (Wildman–Crippen MR) is 68.6 cm³/mol. The minimum Gasteiger partial charge on any atom is -0.192 e. The molecule has 0 atom stereocenters. The summed E-state index contributed by atoms with van der Waals surface area (Å²) < 4.78 is 0. The van der Waals surface area contributed by atoms with Crippen molar-refractivity contribution in [3.05, 3.63) is 11.1 Å². The lowest BCUT2D eigenvalue weighted by Gasteiger charge is -2.13. The average Bonchev–Trinajstić information content (AvgIpc) is 2.20. The number of hydrogen-bond acceptors (Lipinski definition) is 2. The number of benzene rings is 1. The molecule has 62 valence electrons. The zero-order valence-corrected chi connectivity index (χ0v) is 8.89. The van der Waals surface area contributed by atoms with Crippen molar-refractivity contribution in [3.63, 3.8) is 0 Å². The summed E-state index contributed by atoms with van der Waals surface area (Å²) in [6, 6.07) is 4.20. The summed E-state index contributed by atoms with van der Waals surface area (Å²) in [5.74, 6) is 0. The topological polar surface area (TPSA) is 47.6 Å². The quantitative estimate of drug-likeness (QED) is 0.369. The van der Waals surface area contributed by atoms with Crippen LogP contribution in [0.3, 0.4) is 0 Å². The largest absolute Gasteiger partial charge is 0.192 e. The molecule has 1 rings (SSSR count). The number of hydrogen-bond donors (Lipinski definition) is 0. The Labute approximate surface area is 87.6 Å². The molecule has 0 radical (unpaired) electrons. The molecule has 0 spiro atoms. The summed E-state index contributed by atoms with van der Waals surface area (Å²) >= 11 is 0. The van der Waals surface area contributed by atoms with E-state index in [1.807, 2.05) is 31.4 Å². The third-order valence-corrected chi connectivity index (χ3v) is 2.91. The lowest BCUT2D eigenvalue weighted by molar-refractivity contribution is 1.47. The fraction of sp³-hybridized carbons (Fsp3) is 0. The summed E-state index contributed by atoms with van der Waals surface area (Å²) in [6.45, 7) is 0. The van der Waals surface area contributed by atoms with Gasteiger partial charge in [0.25, 0.3) is 0 Å². The van der Waals surface area contributed by atoms with Crippen molar-refractivity contribution >= 4 is 53.2 Å². The summed E-state index contributed by atoms with van der Waals surface area (Å²) in [4.78, 5) is 0. The maximum absolute atomic E-state index is 8.97. The smallest absolute Gasteiger partial charge is 0.140 e. The standard InChI is InChI=1S/C8H8B4N2/c9-5-3(1-13)4(2-14)6(10)8(12)7(5)11/h9-12H2. The monoisotopic (exact) mass is 176 g/mol. The second-order valence-corrected chi connectivity index (χ2v) is 3.47. The molecule has 0 aromatic heterocycles. The molecule has 0 aliphatic heterocycles. The maximum Gasteiger partial charge on any atom is 0.140 e. The van der Waals surface area contributed by atoms with Crippen molar-refractivity contribution in [1.29, 1.82) is 10.5 Å². The molecule has 2 nitrogen and oxygen atoms in total. The molecule has 14 heavy (non-hydrogen) atoms. The molecule has 0 amide bonds. The van der Waals surface area contributed by atoms with Gasteiger partial charge in [0.1, 0.15) is 31.4 Å². The van der Waals surface area contributed by atoms with E-state index in [0.29, 0.717) is 11.1 Å². The normalized spacial score (nSPS) is 9.00. The van der Waals surface area contributed by atoms with Crippen LogP contribution in [0.2, 0.25) is 0 Å². The first kappa shape index (κ1) is 10.5. The first-order chi connectivity index (χ1) is 6.54.